The molecule has 230 valence electrons. The molecule has 7 rings (SSSR count). The molecule has 0 aliphatic carbocycles. The van der Waals surface area contributed by atoms with E-state index in [0.717, 1.165) is 11.0 Å². The van der Waals surface area contributed by atoms with E-state index in [4.69, 9.17) is 33.7 Å². The highest BCUT2D eigenvalue weighted by atomic mass is 32.7. The number of hydrogen-bond acceptors (Lipinski definition) is 16. The summed E-state index contributed by atoms with van der Waals surface area (Å²) in [6, 6.07) is 0. The van der Waals surface area contributed by atoms with E-state index in [2.05, 4.69) is 47.5 Å². The summed E-state index contributed by atoms with van der Waals surface area (Å²) in [4.78, 5) is 41.0. The number of fused-ring (bicyclic) bond motifs is 5. The van der Waals surface area contributed by atoms with Gasteiger partial charge in [0, 0.05) is 5.92 Å². The first-order valence-electron chi connectivity index (χ1n) is 12.5. The Kier molecular flexibility index (Phi) is 7.34. The summed E-state index contributed by atoms with van der Waals surface area (Å²) in [6.07, 6.45) is -8.53. The third kappa shape index (κ3) is 4.97. The highest BCUT2D eigenvalue weighted by Gasteiger charge is 2.52. The predicted octanol–water partition coefficient (Wildman–Crippen LogP) is -0.844. The number of hydrogen-bond donors (Lipinski definition) is 5. The number of aliphatic hydroxyl groups excluding tert-OH is 1. The van der Waals surface area contributed by atoms with Crippen molar-refractivity contribution in [1.29, 1.82) is 0 Å². The second kappa shape index (κ2) is 11.1. The average Bonchev–Trinajstić information content (AvgIpc) is 3.72. The standard InChI is InChI=1S/C20H21F2N10O9PS/c21-7-5-1-36-20(35)40-18-8(22)11(17(39-18)31-4-26-9-13(31)27-19(23)28-15(9)34)41-42(43)37-2-6(5)38-16(7)32-12-10(29-30-32)14(33)25-3-24-12/h3-8,11,16-18,20,35,43H,1-2H2,(H,24,25,33)(H3,23,27,28,34)/t5-,6-,7+,8+,11-,16-,17-,18?,20?,42?/m1/s1. The number of imidazole rings is 1. The van der Waals surface area contributed by atoms with Gasteiger partial charge in [0.05, 0.1) is 32.0 Å². The fraction of sp³-hybridized carbons (Fsp3) is 0.550. The summed E-state index contributed by atoms with van der Waals surface area (Å²) in [5.74, 6) is -1.29. The number of aromatic amines is 2. The van der Waals surface area contributed by atoms with E-state index < -0.39 is 81.0 Å². The van der Waals surface area contributed by atoms with Crippen LogP contribution < -0.4 is 16.9 Å². The van der Waals surface area contributed by atoms with Crippen molar-refractivity contribution >= 4 is 48.1 Å². The maximum absolute atomic E-state index is 15.8. The minimum absolute atomic E-state index is 0.0193. The summed E-state index contributed by atoms with van der Waals surface area (Å²) < 4.78 is 67.3. The van der Waals surface area contributed by atoms with Gasteiger partial charge >= 0.3 is 0 Å². The van der Waals surface area contributed by atoms with Gasteiger partial charge in [0.25, 0.3) is 17.6 Å². The van der Waals surface area contributed by atoms with Crippen molar-refractivity contribution in [2.45, 2.75) is 49.8 Å². The van der Waals surface area contributed by atoms with Crippen LogP contribution in [-0.2, 0) is 28.0 Å². The van der Waals surface area contributed by atoms with Crippen LogP contribution in [0.2, 0.25) is 0 Å². The van der Waals surface area contributed by atoms with Gasteiger partial charge < -0.3 is 39.1 Å². The molecule has 0 amide bonds. The van der Waals surface area contributed by atoms with Crippen LogP contribution in [-0.4, -0.2) is 100 Å². The smallest absolute Gasteiger partial charge is 0.280 e. The molecule has 23 heteroatoms. The minimum atomic E-state index is -2.16. The van der Waals surface area contributed by atoms with Crippen molar-refractivity contribution in [2.24, 2.45) is 5.92 Å². The van der Waals surface area contributed by atoms with Gasteiger partial charge in [-0.1, -0.05) is 17.5 Å². The molecule has 3 unspecified atom stereocenters. The molecule has 4 aromatic rings. The minimum Gasteiger partial charge on any atom is -0.369 e. The summed E-state index contributed by atoms with van der Waals surface area (Å²) in [7, 11) is -2.16. The molecule has 3 saturated heterocycles. The highest BCUT2D eigenvalue weighted by Crippen LogP contribution is 2.51. The quantitative estimate of drug-likeness (QED) is 0.132. The van der Waals surface area contributed by atoms with Gasteiger partial charge in [0.1, 0.15) is 6.10 Å². The van der Waals surface area contributed by atoms with Crippen LogP contribution in [0.4, 0.5) is 14.7 Å². The maximum atomic E-state index is 15.8. The zero-order valence-corrected chi connectivity index (χ0v) is 23.1. The summed E-state index contributed by atoms with van der Waals surface area (Å²) in [6.45, 7) is -2.86. The van der Waals surface area contributed by atoms with Gasteiger partial charge in [-0.2, -0.15) is 9.67 Å². The number of rotatable bonds is 2. The first-order chi connectivity index (χ1) is 20.7. The van der Waals surface area contributed by atoms with Crippen LogP contribution in [0.15, 0.2) is 22.2 Å². The molecule has 5 N–H and O–H groups in total. The van der Waals surface area contributed by atoms with Crippen molar-refractivity contribution in [3.63, 3.8) is 0 Å². The van der Waals surface area contributed by atoms with Gasteiger partial charge in [0.2, 0.25) is 13.5 Å². The Morgan fingerprint density at radius 3 is 2.74 bits per heavy atom. The summed E-state index contributed by atoms with van der Waals surface area (Å²) in [5.41, 5.74) is 4.19. The van der Waals surface area contributed by atoms with Crippen LogP contribution in [0.3, 0.4) is 0 Å². The topological polar surface area (TPSA) is 242 Å². The molecular weight excluding hydrogens is 625 g/mol. The van der Waals surface area contributed by atoms with Crippen molar-refractivity contribution in [1.82, 2.24) is 44.5 Å². The summed E-state index contributed by atoms with van der Waals surface area (Å²) in [5, 5.41) is 18.0. The van der Waals surface area contributed by atoms with Crippen molar-refractivity contribution in [3.05, 3.63) is 33.4 Å². The Bertz CT molecular complexity index is 1780. The van der Waals surface area contributed by atoms with Crippen LogP contribution in [0, 0.1) is 5.92 Å². The fourth-order valence-electron chi connectivity index (χ4n) is 5.07. The highest BCUT2D eigenvalue weighted by molar-refractivity contribution is 8.41. The number of aliphatic hydroxyl groups is 1. The Balaban J connectivity index is 1.16. The molecule has 0 saturated carbocycles. The van der Waals surface area contributed by atoms with Crippen LogP contribution in [0.1, 0.15) is 12.5 Å². The number of nitrogens with two attached hydrogens (primary N) is 1. The molecule has 3 aliphatic rings. The Labute approximate surface area is 242 Å². The second-order valence-electron chi connectivity index (χ2n) is 9.61. The molecule has 43 heavy (non-hydrogen) atoms. The van der Waals surface area contributed by atoms with Gasteiger partial charge in [-0.25, -0.2) is 18.7 Å². The van der Waals surface area contributed by atoms with Crippen LogP contribution in [0.25, 0.3) is 22.3 Å². The first-order valence-corrected chi connectivity index (χ1v) is 14.9. The van der Waals surface area contributed by atoms with Crippen molar-refractivity contribution in [2.75, 3.05) is 18.9 Å². The molecule has 19 nitrogen and oxygen atoms in total. The maximum Gasteiger partial charge on any atom is 0.280 e. The van der Waals surface area contributed by atoms with E-state index in [1.165, 1.54) is 10.9 Å². The van der Waals surface area contributed by atoms with E-state index in [9.17, 15) is 14.7 Å². The monoisotopic (exact) mass is 646 g/mol. The number of nitrogens with zero attached hydrogens (tertiary/aromatic N) is 7. The summed E-state index contributed by atoms with van der Waals surface area (Å²) >= 11 is 4.31. The molecule has 0 radical (unpaired) electrons. The largest absolute Gasteiger partial charge is 0.369 e. The number of nitrogen functional groups attached to an aromatic ring is 1. The molecule has 7 heterocycles. The van der Waals surface area contributed by atoms with Crippen LogP contribution in [0.5, 0.6) is 0 Å². The fourth-order valence-corrected chi connectivity index (χ4v) is 6.36. The molecule has 3 aliphatic heterocycles. The third-order valence-electron chi connectivity index (χ3n) is 7.08. The predicted molar refractivity (Wildman–Crippen MR) is 139 cm³/mol. The number of anilines is 1. The number of alkyl halides is 2. The third-order valence-corrected chi connectivity index (χ3v) is 8.50. The van der Waals surface area contributed by atoms with E-state index >= 15 is 8.78 Å². The lowest BCUT2D eigenvalue weighted by molar-refractivity contribution is -0.333. The number of halogens is 2. The Hall–Kier alpha value is -3.21. The van der Waals surface area contributed by atoms with Gasteiger partial charge in [-0.05, 0) is 0 Å². The van der Waals surface area contributed by atoms with E-state index in [-0.39, 0.29) is 34.9 Å². The average molecular weight is 646 g/mol. The molecular formula is C20H21F2N10O9PS. The van der Waals surface area contributed by atoms with Crippen LogP contribution >= 0.6 is 19.8 Å². The Morgan fingerprint density at radius 1 is 1.07 bits per heavy atom. The first kappa shape index (κ1) is 28.6. The van der Waals surface area contributed by atoms with E-state index in [1.54, 1.807) is 0 Å². The lowest BCUT2D eigenvalue weighted by Crippen LogP contribution is -2.35. The van der Waals surface area contributed by atoms with Gasteiger partial charge in [-0.15, -0.1) is 5.10 Å². The lowest BCUT2D eigenvalue weighted by Gasteiger charge is -2.25. The lowest BCUT2D eigenvalue weighted by atomic mass is 10.0. The number of nitrogens with one attached hydrogen (secondary N) is 2. The molecule has 10 atom stereocenters. The van der Waals surface area contributed by atoms with Crippen molar-refractivity contribution < 1.29 is 41.9 Å². The number of aromatic nitrogens is 9. The zero-order chi connectivity index (χ0) is 30.0. The molecule has 3 fully saturated rings. The number of ether oxygens (including phenoxy) is 4. The molecule has 0 spiro atoms. The SMILES string of the molecule is Nc1nc2c(ncn2[C@@H]2OC3OC(O)OC[C@H]4[C@H](F)[C@H](n5nnc6c(=O)[nH]cnc65)O[C@@H]4COP(S)O[C@@H]2[C@@H]3F)c(=O)[nH]1. The molecule has 2 bridgehead atoms. The number of H-pyrrole nitrogens is 2. The zero-order valence-electron chi connectivity index (χ0n) is 21.3. The van der Waals surface area contributed by atoms with E-state index in [1.807, 2.05) is 0 Å². The van der Waals surface area contributed by atoms with Gasteiger partial charge in [-0.3, -0.25) is 23.9 Å². The second-order valence-corrected chi connectivity index (χ2v) is 11.5. The Morgan fingerprint density at radius 2 is 1.91 bits per heavy atom. The molecule has 4 aromatic heterocycles. The number of thiol groups is 1. The van der Waals surface area contributed by atoms with Gasteiger partial charge in [0.15, 0.2) is 53.4 Å². The normalized spacial score (nSPS) is 35.4. The van der Waals surface area contributed by atoms with E-state index in [0.29, 0.717) is 0 Å². The van der Waals surface area contributed by atoms with Crippen molar-refractivity contribution in [3.8, 4) is 0 Å². The molecule has 0 aromatic carbocycles.